The van der Waals surface area contributed by atoms with E-state index in [-0.39, 0.29) is 36.1 Å². The molecule has 0 unspecified atom stereocenters. The summed E-state index contributed by atoms with van der Waals surface area (Å²) in [5, 5.41) is 5.73. The molecule has 3 amide bonds. The molecule has 0 saturated carbocycles. The molecule has 3 aromatic rings. The number of rotatable bonds is 4. The second-order valence-corrected chi connectivity index (χ2v) is 7.89. The third kappa shape index (κ3) is 3.80. The maximum Gasteiger partial charge on any atom is 0.287 e. The van der Waals surface area contributed by atoms with Gasteiger partial charge in [0.25, 0.3) is 11.8 Å². The van der Waals surface area contributed by atoms with Gasteiger partial charge in [-0.1, -0.05) is 48.6 Å². The normalized spacial score (nSPS) is 19.9. The first-order valence-electron chi connectivity index (χ1n) is 10.4. The Bertz CT molecular complexity index is 1200. The summed E-state index contributed by atoms with van der Waals surface area (Å²) in [5.74, 6) is -0.644. The highest BCUT2D eigenvalue weighted by molar-refractivity contribution is 6.10. The second kappa shape index (κ2) is 8.19. The average molecular weight is 427 g/mol. The van der Waals surface area contributed by atoms with Crippen LogP contribution in [0.1, 0.15) is 38.5 Å². The number of fused-ring (bicyclic) bond motifs is 2. The predicted molar refractivity (Wildman–Crippen MR) is 120 cm³/mol. The third-order valence-corrected chi connectivity index (χ3v) is 5.74. The lowest BCUT2D eigenvalue weighted by Gasteiger charge is -2.20. The van der Waals surface area contributed by atoms with Crippen LogP contribution in [0.5, 0.6) is 0 Å². The monoisotopic (exact) mass is 427 g/mol. The summed E-state index contributed by atoms with van der Waals surface area (Å²) in [5.41, 5.74) is 2.85. The van der Waals surface area contributed by atoms with Crippen molar-refractivity contribution in [1.29, 1.82) is 0 Å². The lowest BCUT2D eigenvalue weighted by molar-refractivity contribution is -0.119. The lowest BCUT2D eigenvalue weighted by Crippen LogP contribution is -2.41. The zero-order valence-corrected chi connectivity index (χ0v) is 17.2. The minimum atomic E-state index is -0.639. The number of nitrogens with zero attached hydrogens (tertiary/aromatic N) is 1. The summed E-state index contributed by atoms with van der Waals surface area (Å²) in [7, 11) is 0. The summed E-state index contributed by atoms with van der Waals surface area (Å²) in [6, 6.07) is 17.5. The molecule has 0 spiro atoms. The van der Waals surface area contributed by atoms with Gasteiger partial charge in [-0.15, -0.1) is 0 Å². The van der Waals surface area contributed by atoms with E-state index in [9.17, 15) is 14.4 Å². The van der Waals surface area contributed by atoms with Gasteiger partial charge >= 0.3 is 0 Å². The molecule has 0 aliphatic carbocycles. The molecular weight excluding hydrogens is 406 g/mol. The number of carbonyl (C=O) groups is 3. The van der Waals surface area contributed by atoms with Gasteiger partial charge < -0.3 is 20.0 Å². The van der Waals surface area contributed by atoms with Gasteiger partial charge in [0.15, 0.2) is 5.76 Å². The number of carbonyl (C=O) groups excluding carboxylic acids is 3. The molecule has 7 nitrogen and oxygen atoms in total. The number of furan rings is 1. The SMILES string of the molecule is O=C(N[C@H]1C[C@H]2C(=O)Nc3ccc(/C=C/c4ccccc4)cc3C(=O)N2C1)c1ccco1. The minimum Gasteiger partial charge on any atom is -0.459 e. The molecule has 0 radical (unpaired) electrons. The fourth-order valence-corrected chi connectivity index (χ4v) is 4.16. The van der Waals surface area contributed by atoms with Crippen LogP contribution in [0.4, 0.5) is 5.69 Å². The molecule has 1 aromatic heterocycles. The van der Waals surface area contributed by atoms with Crippen LogP contribution in [-0.4, -0.2) is 41.2 Å². The fraction of sp³-hybridized carbons (Fsp3) is 0.160. The van der Waals surface area contributed by atoms with Gasteiger partial charge in [0, 0.05) is 12.6 Å². The molecule has 1 saturated heterocycles. The highest BCUT2D eigenvalue weighted by atomic mass is 16.3. The highest BCUT2D eigenvalue weighted by Gasteiger charge is 2.43. The first-order valence-corrected chi connectivity index (χ1v) is 10.4. The summed E-state index contributed by atoms with van der Waals surface area (Å²) in [6.45, 7) is 0.257. The Morgan fingerprint density at radius 3 is 2.62 bits per heavy atom. The lowest BCUT2D eigenvalue weighted by atomic mass is 10.1. The predicted octanol–water partition coefficient (Wildman–Crippen LogP) is 3.42. The highest BCUT2D eigenvalue weighted by Crippen LogP contribution is 2.30. The smallest absolute Gasteiger partial charge is 0.287 e. The number of hydrogen-bond donors (Lipinski definition) is 2. The standard InChI is InChI=1S/C25H21N3O4/c29-23-21-14-18(26-24(30)22-7-4-12-32-22)15-28(21)25(31)19-13-17(10-11-20(19)27-23)9-8-16-5-2-1-3-6-16/h1-13,18,21H,14-15H2,(H,26,30)(H,27,29)/b9-8+/t18-,21-/m0/s1. The third-order valence-electron chi connectivity index (χ3n) is 5.74. The number of hydrogen-bond acceptors (Lipinski definition) is 4. The Morgan fingerprint density at radius 2 is 1.84 bits per heavy atom. The van der Waals surface area contributed by atoms with Gasteiger partial charge in [-0.05, 0) is 41.8 Å². The number of anilines is 1. The summed E-state index contributed by atoms with van der Waals surface area (Å²) < 4.78 is 5.12. The van der Waals surface area contributed by atoms with Crippen molar-refractivity contribution in [2.24, 2.45) is 0 Å². The van der Waals surface area contributed by atoms with Crippen LogP contribution in [0.3, 0.4) is 0 Å². The van der Waals surface area contributed by atoms with Gasteiger partial charge in [-0.3, -0.25) is 14.4 Å². The van der Waals surface area contributed by atoms with E-state index in [0.29, 0.717) is 17.7 Å². The molecule has 160 valence electrons. The van der Waals surface area contributed by atoms with E-state index in [1.165, 1.54) is 6.26 Å². The molecule has 3 heterocycles. The van der Waals surface area contributed by atoms with E-state index in [4.69, 9.17) is 4.42 Å². The van der Waals surface area contributed by atoms with Crippen LogP contribution in [0, 0.1) is 0 Å². The second-order valence-electron chi connectivity index (χ2n) is 7.89. The van der Waals surface area contributed by atoms with Crippen molar-refractivity contribution < 1.29 is 18.8 Å². The Hall–Kier alpha value is -4.13. The van der Waals surface area contributed by atoms with Crippen molar-refractivity contribution in [3.63, 3.8) is 0 Å². The molecule has 0 bridgehead atoms. The van der Waals surface area contributed by atoms with Gasteiger partial charge in [0.1, 0.15) is 6.04 Å². The Balaban J connectivity index is 1.36. The molecule has 2 aromatic carbocycles. The van der Waals surface area contributed by atoms with Crippen LogP contribution in [-0.2, 0) is 4.79 Å². The fourth-order valence-electron chi connectivity index (χ4n) is 4.16. The Labute approximate surface area is 184 Å². The molecule has 7 heteroatoms. The summed E-state index contributed by atoms with van der Waals surface area (Å²) >= 11 is 0. The Morgan fingerprint density at radius 1 is 1.03 bits per heavy atom. The van der Waals surface area contributed by atoms with Crippen LogP contribution >= 0.6 is 0 Å². The number of amides is 3. The van der Waals surface area contributed by atoms with E-state index in [2.05, 4.69) is 10.6 Å². The zero-order chi connectivity index (χ0) is 22.1. The van der Waals surface area contributed by atoms with Crippen LogP contribution < -0.4 is 10.6 Å². The zero-order valence-electron chi connectivity index (χ0n) is 17.2. The van der Waals surface area contributed by atoms with Crippen molar-refractivity contribution in [2.45, 2.75) is 18.5 Å². The number of benzene rings is 2. The van der Waals surface area contributed by atoms with E-state index in [0.717, 1.165) is 11.1 Å². The van der Waals surface area contributed by atoms with Crippen molar-refractivity contribution in [3.05, 3.63) is 89.4 Å². The van der Waals surface area contributed by atoms with Gasteiger partial charge in [0.05, 0.1) is 17.5 Å². The van der Waals surface area contributed by atoms with E-state index in [1.54, 1.807) is 29.2 Å². The maximum absolute atomic E-state index is 13.3. The summed E-state index contributed by atoms with van der Waals surface area (Å²) in [6.07, 6.45) is 5.68. The van der Waals surface area contributed by atoms with E-state index in [1.807, 2.05) is 48.6 Å². The molecule has 32 heavy (non-hydrogen) atoms. The largest absolute Gasteiger partial charge is 0.459 e. The van der Waals surface area contributed by atoms with Crippen molar-refractivity contribution >= 4 is 35.6 Å². The molecule has 5 rings (SSSR count). The first-order chi connectivity index (χ1) is 15.6. The Kier molecular flexibility index (Phi) is 5.07. The van der Waals surface area contributed by atoms with E-state index >= 15 is 0 Å². The topological polar surface area (TPSA) is 91.7 Å². The van der Waals surface area contributed by atoms with Crippen molar-refractivity contribution in [2.75, 3.05) is 11.9 Å². The quantitative estimate of drug-likeness (QED) is 0.624. The molecule has 2 atom stereocenters. The van der Waals surface area contributed by atoms with Crippen LogP contribution in [0.25, 0.3) is 12.2 Å². The molecule has 2 aliphatic heterocycles. The molecular formula is C25H21N3O4. The van der Waals surface area contributed by atoms with E-state index < -0.39 is 6.04 Å². The molecule has 2 N–H and O–H groups in total. The summed E-state index contributed by atoms with van der Waals surface area (Å²) in [4.78, 5) is 40.0. The molecule has 2 aliphatic rings. The van der Waals surface area contributed by atoms with Gasteiger partial charge in [-0.2, -0.15) is 0 Å². The first kappa shape index (κ1) is 19.8. The average Bonchev–Trinajstić information content (AvgIpc) is 3.47. The van der Waals surface area contributed by atoms with Gasteiger partial charge in [-0.25, -0.2) is 0 Å². The maximum atomic E-state index is 13.3. The molecule has 1 fully saturated rings. The van der Waals surface area contributed by atoms with Crippen molar-refractivity contribution in [3.8, 4) is 0 Å². The number of nitrogens with one attached hydrogen (secondary N) is 2. The van der Waals surface area contributed by atoms with Crippen LogP contribution in [0.15, 0.2) is 71.3 Å². The van der Waals surface area contributed by atoms with Gasteiger partial charge in [0.2, 0.25) is 5.91 Å². The minimum absolute atomic E-state index is 0.197. The van der Waals surface area contributed by atoms with Crippen molar-refractivity contribution in [1.82, 2.24) is 10.2 Å². The van der Waals surface area contributed by atoms with Crippen LogP contribution in [0.2, 0.25) is 0 Å².